The zero-order chi connectivity index (χ0) is 9.84. The van der Waals surface area contributed by atoms with Crippen molar-refractivity contribution in [2.24, 2.45) is 0 Å². The summed E-state index contributed by atoms with van der Waals surface area (Å²) in [6, 6.07) is 4.45. The fourth-order valence-electron chi connectivity index (χ4n) is 1.09. The Hall–Kier alpha value is -1.09. The first kappa shape index (κ1) is 9.99. The van der Waals surface area contributed by atoms with E-state index in [4.69, 9.17) is 9.84 Å². The van der Waals surface area contributed by atoms with E-state index >= 15 is 0 Å². The van der Waals surface area contributed by atoms with Gasteiger partial charge in [-0.1, -0.05) is 6.92 Å². The van der Waals surface area contributed by atoms with Gasteiger partial charge >= 0.3 is 0 Å². The van der Waals surface area contributed by atoms with E-state index in [2.05, 4.69) is 0 Å². The van der Waals surface area contributed by atoms with Gasteiger partial charge in [0, 0.05) is 18.6 Å². The van der Waals surface area contributed by atoms with Crippen molar-refractivity contribution < 1.29 is 14.2 Å². The van der Waals surface area contributed by atoms with Crippen LogP contribution in [0, 0.1) is 5.82 Å². The second-order valence-corrected chi connectivity index (χ2v) is 3.01. The van der Waals surface area contributed by atoms with Gasteiger partial charge in [0.1, 0.15) is 11.6 Å². The molecule has 0 aliphatic heterocycles. The molecule has 0 saturated carbocycles. The van der Waals surface area contributed by atoms with Crippen LogP contribution >= 0.6 is 0 Å². The van der Waals surface area contributed by atoms with Gasteiger partial charge in [0.15, 0.2) is 0 Å². The molecule has 0 spiro atoms. The van der Waals surface area contributed by atoms with E-state index in [0.29, 0.717) is 5.75 Å². The number of methoxy groups -OCH3 is 1. The molecule has 1 N–H and O–H groups in total. The molecule has 1 aromatic rings. The maximum Gasteiger partial charge on any atom is 0.127 e. The summed E-state index contributed by atoms with van der Waals surface area (Å²) >= 11 is 0. The van der Waals surface area contributed by atoms with E-state index in [-0.39, 0.29) is 18.3 Å². The average molecular weight is 184 g/mol. The third-order valence-corrected chi connectivity index (χ3v) is 1.97. The van der Waals surface area contributed by atoms with Crippen LogP contribution in [0.1, 0.15) is 18.4 Å². The molecule has 0 aliphatic carbocycles. The first-order chi connectivity index (χ1) is 6.17. The molecule has 0 saturated heterocycles. The molecule has 0 bridgehead atoms. The van der Waals surface area contributed by atoms with Crippen LogP contribution < -0.4 is 4.74 Å². The van der Waals surface area contributed by atoms with Crippen LogP contribution in [0.2, 0.25) is 0 Å². The number of halogens is 1. The number of rotatable bonds is 3. The molecule has 1 aromatic carbocycles. The molecule has 13 heavy (non-hydrogen) atoms. The van der Waals surface area contributed by atoms with Gasteiger partial charge in [0.05, 0.1) is 7.11 Å². The van der Waals surface area contributed by atoms with Crippen LogP contribution in [-0.4, -0.2) is 18.8 Å². The van der Waals surface area contributed by atoms with Gasteiger partial charge in [-0.3, -0.25) is 0 Å². The Labute approximate surface area is 77.0 Å². The quantitative estimate of drug-likeness (QED) is 0.777. The second-order valence-electron chi connectivity index (χ2n) is 3.01. The highest BCUT2D eigenvalue weighted by molar-refractivity contribution is 5.31. The molecule has 0 heterocycles. The largest absolute Gasteiger partial charge is 0.497 e. The van der Waals surface area contributed by atoms with Crippen LogP contribution in [0.4, 0.5) is 4.39 Å². The van der Waals surface area contributed by atoms with Crippen LogP contribution in [0.15, 0.2) is 18.2 Å². The summed E-state index contributed by atoms with van der Waals surface area (Å²) in [6.07, 6.45) is 0. The van der Waals surface area contributed by atoms with Gasteiger partial charge in [0.25, 0.3) is 0 Å². The third-order valence-electron chi connectivity index (χ3n) is 1.97. The van der Waals surface area contributed by atoms with Gasteiger partial charge in [-0.2, -0.15) is 0 Å². The molecule has 3 heteroatoms. The minimum atomic E-state index is -0.338. The Balaban J connectivity index is 3.01. The molecule has 1 unspecified atom stereocenters. The van der Waals surface area contributed by atoms with Crippen molar-refractivity contribution in [1.29, 1.82) is 0 Å². The Kier molecular flexibility index (Phi) is 3.25. The summed E-state index contributed by atoms with van der Waals surface area (Å²) in [7, 11) is 1.49. The second kappa shape index (κ2) is 4.23. The van der Waals surface area contributed by atoms with Gasteiger partial charge in [-0.25, -0.2) is 4.39 Å². The number of aliphatic hydroxyl groups is 1. The van der Waals surface area contributed by atoms with Crippen molar-refractivity contribution in [1.82, 2.24) is 0 Å². The summed E-state index contributed by atoms with van der Waals surface area (Å²) < 4.78 is 17.9. The number of aliphatic hydroxyl groups excluding tert-OH is 1. The van der Waals surface area contributed by atoms with Crippen molar-refractivity contribution in [3.05, 3.63) is 29.6 Å². The van der Waals surface area contributed by atoms with Crippen molar-refractivity contribution in [2.75, 3.05) is 13.7 Å². The predicted molar refractivity (Wildman–Crippen MR) is 48.5 cm³/mol. The monoisotopic (exact) mass is 184 g/mol. The maximum absolute atomic E-state index is 12.9. The summed E-state index contributed by atoms with van der Waals surface area (Å²) in [5.74, 6) is 0.0783. The molecule has 0 radical (unpaired) electrons. The van der Waals surface area contributed by atoms with Crippen molar-refractivity contribution in [2.45, 2.75) is 12.8 Å². The fourth-order valence-corrected chi connectivity index (χ4v) is 1.09. The zero-order valence-electron chi connectivity index (χ0n) is 7.75. The zero-order valence-corrected chi connectivity index (χ0v) is 7.75. The standard InChI is InChI=1S/C10H13FO2/c1-7(6-12)8-3-9(11)5-10(4-8)13-2/h3-5,7,12H,6H2,1-2H3. The Morgan fingerprint density at radius 1 is 1.46 bits per heavy atom. The van der Waals surface area contributed by atoms with Crippen LogP contribution in [0.3, 0.4) is 0 Å². The van der Waals surface area contributed by atoms with Gasteiger partial charge in [-0.15, -0.1) is 0 Å². The topological polar surface area (TPSA) is 29.5 Å². The van der Waals surface area contributed by atoms with Crippen molar-refractivity contribution >= 4 is 0 Å². The van der Waals surface area contributed by atoms with Gasteiger partial charge < -0.3 is 9.84 Å². The third kappa shape index (κ3) is 2.42. The van der Waals surface area contributed by atoms with Crippen molar-refractivity contribution in [3.63, 3.8) is 0 Å². The lowest BCUT2D eigenvalue weighted by Gasteiger charge is -2.09. The first-order valence-electron chi connectivity index (χ1n) is 4.12. The number of benzene rings is 1. The minimum absolute atomic E-state index is 0.00656. The van der Waals surface area contributed by atoms with E-state index in [1.54, 1.807) is 6.07 Å². The first-order valence-corrected chi connectivity index (χ1v) is 4.12. The lowest BCUT2D eigenvalue weighted by Crippen LogP contribution is -2.00. The summed E-state index contributed by atoms with van der Waals surface area (Å²) in [5, 5.41) is 8.88. The van der Waals surface area contributed by atoms with E-state index in [1.807, 2.05) is 6.92 Å². The fraction of sp³-hybridized carbons (Fsp3) is 0.400. The summed E-state index contributed by atoms with van der Waals surface area (Å²) in [6.45, 7) is 1.83. The molecule has 0 aliphatic rings. The van der Waals surface area contributed by atoms with Crippen molar-refractivity contribution in [3.8, 4) is 5.75 Å². The predicted octanol–water partition coefficient (Wildman–Crippen LogP) is 1.93. The van der Waals surface area contributed by atoms with Gasteiger partial charge in [0.2, 0.25) is 0 Å². The summed E-state index contributed by atoms with van der Waals surface area (Å²) in [4.78, 5) is 0. The molecular weight excluding hydrogens is 171 g/mol. The highest BCUT2D eigenvalue weighted by Gasteiger charge is 2.07. The SMILES string of the molecule is COc1cc(F)cc(C(C)CO)c1. The van der Waals surface area contributed by atoms with Crippen LogP contribution in [-0.2, 0) is 0 Å². The van der Waals surface area contributed by atoms with E-state index in [9.17, 15) is 4.39 Å². The minimum Gasteiger partial charge on any atom is -0.497 e. The lowest BCUT2D eigenvalue weighted by molar-refractivity contribution is 0.272. The van der Waals surface area contributed by atoms with E-state index in [0.717, 1.165) is 5.56 Å². The molecule has 1 atom stereocenters. The Morgan fingerprint density at radius 3 is 2.69 bits per heavy atom. The lowest BCUT2D eigenvalue weighted by atomic mass is 10.0. The maximum atomic E-state index is 12.9. The smallest absolute Gasteiger partial charge is 0.127 e. The summed E-state index contributed by atoms with van der Waals surface area (Å²) in [5.41, 5.74) is 0.749. The van der Waals surface area contributed by atoms with Crippen LogP contribution in [0.5, 0.6) is 5.75 Å². The van der Waals surface area contributed by atoms with Crippen LogP contribution in [0.25, 0.3) is 0 Å². The number of hydrogen-bond acceptors (Lipinski definition) is 2. The molecule has 72 valence electrons. The molecular formula is C10H13FO2. The number of ether oxygens (including phenoxy) is 1. The molecule has 2 nitrogen and oxygen atoms in total. The van der Waals surface area contributed by atoms with E-state index in [1.165, 1.54) is 19.2 Å². The highest BCUT2D eigenvalue weighted by Crippen LogP contribution is 2.21. The van der Waals surface area contributed by atoms with E-state index < -0.39 is 0 Å². The molecule has 0 amide bonds. The molecule has 0 aromatic heterocycles. The average Bonchev–Trinajstić information content (AvgIpc) is 2.15. The molecule has 0 fully saturated rings. The highest BCUT2D eigenvalue weighted by atomic mass is 19.1. The normalized spacial score (nSPS) is 12.6. The molecule has 1 rings (SSSR count). The Morgan fingerprint density at radius 2 is 2.15 bits per heavy atom. The Bertz CT molecular complexity index is 286. The number of hydrogen-bond donors (Lipinski definition) is 1. The van der Waals surface area contributed by atoms with Gasteiger partial charge in [-0.05, 0) is 17.7 Å².